The van der Waals surface area contributed by atoms with Crippen molar-refractivity contribution in [2.75, 3.05) is 25.1 Å². The van der Waals surface area contributed by atoms with E-state index in [0.717, 1.165) is 31.7 Å². The summed E-state index contributed by atoms with van der Waals surface area (Å²) in [5.74, 6) is -0.0725. The molecule has 1 aromatic rings. The molecule has 1 saturated heterocycles. The molecule has 0 aromatic carbocycles. The Morgan fingerprint density at radius 1 is 1.44 bits per heavy atom. The number of rotatable bonds is 3. The molecule has 0 spiro atoms. The second-order valence-corrected chi connectivity index (χ2v) is 4.53. The Labute approximate surface area is 106 Å². The van der Waals surface area contributed by atoms with Gasteiger partial charge in [0.1, 0.15) is 5.82 Å². The number of hydrogen-bond donors (Lipinski definition) is 1. The van der Waals surface area contributed by atoms with Crippen LogP contribution in [-0.4, -0.2) is 42.4 Å². The van der Waals surface area contributed by atoms with E-state index in [9.17, 15) is 4.79 Å². The van der Waals surface area contributed by atoms with Gasteiger partial charge in [0.2, 0.25) is 0 Å². The number of piperidine rings is 1. The van der Waals surface area contributed by atoms with Gasteiger partial charge in [-0.15, -0.1) is 0 Å². The van der Waals surface area contributed by atoms with Crippen molar-refractivity contribution in [2.45, 2.75) is 25.9 Å². The maximum atomic E-state index is 10.9. The standard InChI is InChI=1S/C13H18N2O3/c1-9-11(13(16)17)3-4-12(14-9)15-7-5-10(18-2)6-8-15/h3-4,10H,5-8H2,1-2H3,(H,16,17). The highest BCUT2D eigenvalue weighted by Crippen LogP contribution is 2.20. The molecule has 18 heavy (non-hydrogen) atoms. The molecule has 1 fully saturated rings. The van der Waals surface area contributed by atoms with E-state index < -0.39 is 5.97 Å². The quantitative estimate of drug-likeness (QED) is 0.884. The van der Waals surface area contributed by atoms with Gasteiger partial charge in [-0.2, -0.15) is 0 Å². The molecule has 1 N–H and O–H groups in total. The van der Waals surface area contributed by atoms with Crippen LogP contribution in [-0.2, 0) is 4.74 Å². The van der Waals surface area contributed by atoms with E-state index in [4.69, 9.17) is 9.84 Å². The molecule has 5 nitrogen and oxygen atoms in total. The molecule has 98 valence electrons. The first-order valence-electron chi connectivity index (χ1n) is 6.10. The van der Waals surface area contributed by atoms with Crippen molar-refractivity contribution in [1.29, 1.82) is 0 Å². The van der Waals surface area contributed by atoms with Crippen molar-refractivity contribution in [2.24, 2.45) is 0 Å². The summed E-state index contributed by atoms with van der Waals surface area (Å²) in [6, 6.07) is 3.41. The number of aromatic nitrogens is 1. The summed E-state index contributed by atoms with van der Waals surface area (Å²) in [5.41, 5.74) is 0.833. The molecule has 1 aromatic heterocycles. The first-order valence-corrected chi connectivity index (χ1v) is 6.10. The number of carboxylic acid groups (broad SMARTS) is 1. The van der Waals surface area contributed by atoms with Gasteiger partial charge in [0, 0.05) is 20.2 Å². The van der Waals surface area contributed by atoms with Crippen LogP contribution in [0.3, 0.4) is 0 Å². The average Bonchev–Trinajstić information content (AvgIpc) is 2.38. The van der Waals surface area contributed by atoms with Crippen LogP contribution in [0, 0.1) is 6.92 Å². The zero-order valence-corrected chi connectivity index (χ0v) is 10.7. The Morgan fingerprint density at radius 2 is 2.11 bits per heavy atom. The van der Waals surface area contributed by atoms with Crippen molar-refractivity contribution in [1.82, 2.24) is 4.98 Å². The monoisotopic (exact) mass is 250 g/mol. The average molecular weight is 250 g/mol. The number of carbonyl (C=O) groups is 1. The highest BCUT2D eigenvalue weighted by Gasteiger charge is 2.20. The summed E-state index contributed by atoms with van der Waals surface area (Å²) in [6.45, 7) is 3.53. The van der Waals surface area contributed by atoms with Crippen molar-refractivity contribution < 1.29 is 14.6 Å². The number of pyridine rings is 1. The fourth-order valence-electron chi connectivity index (χ4n) is 2.27. The van der Waals surface area contributed by atoms with Gasteiger partial charge in [-0.1, -0.05) is 0 Å². The Morgan fingerprint density at radius 3 is 2.61 bits per heavy atom. The van der Waals surface area contributed by atoms with E-state index in [1.54, 1.807) is 26.2 Å². The van der Waals surface area contributed by atoms with Crippen molar-refractivity contribution >= 4 is 11.8 Å². The number of hydrogen-bond acceptors (Lipinski definition) is 4. The van der Waals surface area contributed by atoms with Crippen molar-refractivity contribution in [3.8, 4) is 0 Å². The molecule has 0 atom stereocenters. The van der Waals surface area contributed by atoms with E-state index in [1.807, 2.05) is 0 Å². The molecule has 0 amide bonds. The van der Waals surface area contributed by atoms with E-state index in [0.29, 0.717) is 11.8 Å². The Kier molecular flexibility index (Phi) is 3.81. The third-order valence-corrected chi connectivity index (χ3v) is 3.40. The lowest BCUT2D eigenvalue weighted by Crippen LogP contribution is -2.37. The minimum absolute atomic E-state index is 0.269. The van der Waals surface area contributed by atoms with Crippen LogP contribution in [0.25, 0.3) is 0 Å². The van der Waals surface area contributed by atoms with Gasteiger partial charge in [0.25, 0.3) is 0 Å². The topological polar surface area (TPSA) is 62.7 Å². The number of aromatic carboxylic acids is 1. The molecule has 5 heteroatoms. The second-order valence-electron chi connectivity index (χ2n) is 4.53. The normalized spacial score (nSPS) is 16.9. The maximum absolute atomic E-state index is 10.9. The highest BCUT2D eigenvalue weighted by molar-refractivity contribution is 5.89. The molecule has 0 saturated carbocycles. The van der Waals surface area contributed by atoms with Crippen LogP contribution in [0.4, 0.5) is 5.82 Å². The minimum Gasteiger partial charge on any atom is -0.478 e. The number of aryl methyl sites for hydroxylation is 1. The number of methoxy groups -OCH3 is 1. The summed E-state index contributed by atoms with van der Waals surface area (Å²) < 4.78 is 5.32. The van der Waals surface area contributed by atoms with Crippen LogP contribution < -0.4 is 4.90 Å². The van der Waals surface area contributed by atoms with Crippen LogP contribution in [0.15, 0.2) is 12.1 Å². The van der Waals surface area contributed by atoms with Gasteiger partial charge in [0.05, 0.1) is 17.4 Å². The van der Waals surface area contributed by atoms with Gasteiger partial charge in [0.15, 0.2) is 0 Å². The zero-order chi connectivity index (χ0) is 13.1. The van der Waals surface area contributed by atoms with Crippen molar-refractivity contribution in [3.63, 3.8) is 0 Å². The number of ether oxygens (including phenoxy) is 1. The predicted octanol–water partition coefficient (Wildman–Crippen LogP) is 1.70. The van der Waals surface area contributed by atoms with E-state index in [2.05, 4.69) is 9.88 Å². The van der Waals surface area contributed by atoms with Gasteiger partial charge in [-0.25, -0.2) is 9.78 Å². The minimum atomic E-state index is -0.926. The van der Waals surface area contributed by atoms with Gasteiger partial charge in [-0.3, -0.25) is 0 Å². The third kappa shape index (κ3) is 2.61. The van der Waals surface area contributed by atoms with Crippen molar-refractivity contribution in [3.05, 3.63) is 23.4 Å². The molecule has 0 unspecified atom stereocenters. The lowest BCUT2D eigenvalue weighted by Gasteiger charge is -2.32. The predicted molar refractivity (Wildman–Crippen MR) is 68.2 cm³/mol. The maximum Gasteiger partial charge on any atom is 0.337 e. The molecule has 0 bridgehead atoms. The molecule has 1 aliphatic rings. The Hall–Kier alpha value is -1.62. The first-order chi connectivity index (χ1) is 8.61. The van der Waals surface area contributed by atoms with E-state index >= 15 is 0 Å². The summed E-state index contributed by atoms with van der Waals surface area (Å²) in [7, 11) is 1.74. The summed E-state index contributed by atoms with van der Waals surface area (Å²) in [5, 5.41) is 8.96. The SMILES string of the molecule is COC1CCN(c2ccc(C(=O)O)c(C)n2)CC1. The number of carboxylic acids is 1. The molecule has 1 aliphatic heterocycles. The van der Waals surface area contributed by atoms with Gasteiger partial charge < -0.3 is 14.7 Å². The smallest absolute Gasteiger partial charge is 0.337 e. The van der Waals surface area contributed by atoms with Crippen LogP contribution in [0.1, 0.15) is 28.9 Å². The number of nitrogens with zero attached hydrogens (tertiary/aromatic N) is 2. The molecule has 2 rings (SSSR count). The molecular formula is C13H18N2O3. The first kappa shape index (κ1) is 12.8. The highest BCUT2D eigenvalue weighted by atomic mass is 16.5. The summed E-state index contributed by atoms with van der Waals surface area (Å²) in [6.07, 6.45) is 2.30. The van der Waals surface area contributed by atoms with E-state index in [1.165, 1.54) is 0 Å². The molecular weight excluding hydrogens is 232 g/mol. The molecule has 0 aliphatic carbocycles. The zero-order valence-electron chi connectivity index (χ0n) is 10.7. The van der Waals surface area contributed by atoms with Gasteiger partial charge in [-0.05, 0) is 31.9 Å². The fraction of sp³-hybridized carbons (Fsp3) is 0.538. The summed E-state index contributed by atoms with van der Waals surface area (Å²) >= 11 is 0. The van der Waals surface area contributed by atoms with Crippen LogP contribution in [0.2, 0.25) is 0 Å². The molecule has 2 heterocycles. The lowest BCUT2D eigenvalue weighted by atomic mass is 10.1. The Balaban J connectivity index is 2.11. The fourth-order valence-corrected chi connectivity index (χ4v) is 2.27. The number of anilines is 1. The third-order valence-electron chi connectivity index (χ3n) is 3.40. The second kappa shape index (κ2) is 5.35. The Bertz CT molecular complexity index is 440. The largest absolute Gasteiger partial charge is 0.478 e. The van der Waals surface area contributed by atoms with Crippen LogP contribution in [0.5, 0.6) is 0 Å². The molecule has 0 radical (unpaired) electrons. The van der Waals surface area contributed by atoms with E-state index in [-0.39, 0.29) is 5.56 Å². The summed E-state index contributed by atoms with van der Waals surface area (Å²) in [4.78, 5) is 17.5. The van der Waals surface area contributed by atoms with Gasteiger partial charge >= 0.3 is 5.97 Å². The lowest BCUT2D eigenvalue weighted by molar-refractivity contribution is 0.0695. The van der Waals surface area contributed by atoms with Crippen LogP contribution >= 0.6 is 0 Å².